The van der Waals surface area contributed by atoms with Crippen LogP contribution in [0.1, 0.15) is 12.6 Å². The maximum absolute atomic E-state index is 14.1. The minimum atomic E-state index is -1.70. The molecule has 0 unspecified atom stereocenters. The molecule has 0 saturated carbocycles. The highest BCUT2D eigenvalue weighted by Crippen LogP contribution is 2.31. The topological polar surface area (TPSA) is 62.3 Å². The minimum Gasteiger partial charge on any atom is -0.320 e. The van der Waals surface area contributed by atoms with E-state index in [0.29, 0.717) is 6.07 Å². The monoisotopic (exact) mass is 435 g/mol. The van der Waals surface area contributed by atoms with Crippen LogP contribution in [0.15, 0.2) is 47.9 Å². The van der Waals surface area contributed by atoms with E-state index in [-0.39, 0.29) is 16.5 Å². The Labute approximate surface area is 172 Å². The van der Waals surface area contributed by atoms with Crippen molar-refractivity contribution in [1.29, 1.82) is 0 Å². The summed E-state index contributed by atoms with van der Waals surface area (Å²) in [7, 11) is 0. The number of nitrogens with one attached hydrogen (secondary N) is 1. The molecular formula is C20H13F4N3O2S. The van der Waals surface area contributed by atoms with Gasteiger partial charge in [0.15, 0.2) is 22.6 Å². The van der Waals surface area contributed by atoms with Gasteiger partial charge in [0.25, 0.3) is 0 Å². The lowest BCUT2D eigenvalue weighted by Gasteiger charge is -2.18. The van der Waals surface area contributed by atoms with Crippen molar-refractivity contribution in [2.45, 2.75) is 6.92 Å². The van der Waals surface area contributed by atoms with Gasteiger partial charge in [-0.15, -0.1) is 11.3 Å². The van der Waals surface area contributed by atoms with Gasteiger partial charge in [0.05, 0.1) is 17.1 Å². The number of hydrogen-bond acceptors (Lipinski definition) is 4. The number of aromatic nitrogens is 1. The molecule has 1 N–H and O–H groups in total. The number of carbonyl (C=O) groups is 2. The number of nitrogens with zero attached hydrogens (tertiary/aromatic N) is 2. The SMILES string of the molecule is CC(=O)N(c1nc(/C=C/C(=O)Nc2ccc(F)c(F)c2F)cs1)c1ccccc1F. The van der Waals surface area contributed by atoms with Crippen LogP contribution < -0.4 is 10.2 Å². The van der Waals surface area contributed by atoms with Crippen LogP contribution in [0.5, 0.6) is 0 Å². The Morgan fingerprint density at radius 3 is 2.47 bits per heavy atom. The second-order valence-corrected chi connectivity index (χ2v) is 6.74. The number of amides is 2. The highest BCUT2D eigenvalue weighted by atomic mass is 32.1. The molecule has 0 bridgehead atoms. The van der Waals surface area contributed by atoms with E-state index in [2.05, 4.69) is 10.3 Å². The van der Waals surface area contributed by atoms with Crippen LogP contribution in [0.4, 0.5) is 34.1 Å². The number of hydrogen-bond donors (Lipinski definition) is 1. The molecule has 2 amide bonds. The van der Waals surface area contributed by atoms with Crippen molar-refractivity contribution in [2.75, 3.05) is 10.2 Å². The lowest BCUT2D eigenvalue weighted by molar-refractivity contribution is -0.116. The van der Waals surface area contributed by atoms with E-state index in [1.54, 1.807) is 6.07 Å². The standard InChI is InChI=1S/C20H13F4N3O2S/c1-11(28)27(16-5-3-2-4-13(16)21)20-25-12(10-30-20)6-9-17(29)26-15-8-7-14(22)18(23)19(15)24/h2-10H,1H3,(H,26,29)/b9-6+. The van der Waals surface area contributed by atoms with E-state index in [1.807, 2.05) is 0 Å². The normalized spacial score (nSPS) is 11.0. The number of thiazole rings is 1. The fraction of sp³-hybridized carbons (Fsp3) is 0.0500. The van der Waals surface area contributed by atoms with Crippen LogP contribution >= 0.6 is 11.3 Å². The second kappa shape index (κ2) is 8.87. The molecule has 0 aliphatic carbocycles. The van der Waals surface area contributed by atoms with Gasteiger partial charge < -0.3 is 5.32 Å². The van der Waals surface area contributed by atoms with Gasteiger partial charge in [-0.3, -0.25) is 14.5 Å². The summed E-state index contributed by atoms with van der Waals surface area (Å²) >= 11 is 1.04. The highest BCUT2D eigenvalue weighted by Gasteiger charge is 2.20. The summed E-state index contributed by atoms with van der Waals surface area (Å²) < 4.78 is 53.8. The third kappa shape index (κ3) is 4.54. The number of benzene rings is 2. The first-order valence-corrected chi connectivity index (χ1v) is 9.29. The summed E-state index contributed by atoms with van der Waals surface area (Å²) in [5.41, 5.74) is -0.218. The Kier molecular flexibility index (Phi) is 6.26. The Morgan fingerprint density at radius 2 is 1.77 bits per heavy atom. The van der Waals surface area contributed by atoms with E-state index in [1.165, 1.54) is 36.6 Å². The van der Waals surface area contributed by atoms with Crippen molar-refractivity contribution >= 4 is 45.7 Å². The Bertz CT molecular complexity index is 1150. The Morgan fingerprint density at radius 1 is 1.03 bits per heavy atom. The number of halogens is 4. The summed E-state index contributed by atoms with van der Waals surface area (Å²) in [6, 6.07) is 7.27. The molecule has 30 heavy (non-hydrogen) atoms. The van der Waals surface area contributed by atoms with Gasteiger partial charge >= 0.3 is 0 Å². The first-order valence-electron chi connectivity index (χ1n) is 8.41. The molecule has 10 heteroatoms. The van der Waals surface area contributed by atoms with Crippen molar-refractivity contribution in [3.8, 4) is 0 Å². The Hall–Kier alpha value is -3.53. The highest BCUT2D eigenvalue weighted by molar-refractivity contribution is 7.14. The van der Waals surface area contributed by atoms with Crippen LogP contribution in [0, 0.1) is 23.3 Å². The largest absolute Gasteiger partial charge is 0.320 e. The molecule has 0 spiro atoms. The Balaban J connectivity index is 1.77. The van der Waals surface area contributed by atoms with Gasteiger partial charge in [-0.1, -0.05) is 12.1 Å². The second-order valence-electron chi connectivity index (χ2n) is 5.91. The molecule has 0 radical (unpaired) electrons. The maximum Gasteiger partial charge on any atom is 0.248 e. The van der Waals surface area contributed by atoms with E-state index in [0.717, 1.165) is 28.4 Å². The molecule has 3 rings (SSSR count). The smallest absolute Gasteiger partial charge is 0.248 e. The zero-order valence-corrected chi connectivity index (χ0v) is 16.1. The molecule has 2 aromatic carbocycles. The predicted molar refractivity (Wildman–Crippen MR) is 105 cm³/mol. The van der Waals surface area contributed by atoms with Crippen LogP contribution in [-0.2, 0) is 9.59 Å². The van der Waals surface area contributed by atoms with Gasteiger partial charge in [-0.05, 0) is 30.3 Å². The summed E-state index contributed by atoms with van der Waals surface area (Å²) in [6.07, 6.45) is 2.27. The number of rotatable bonds is 5. The number of para-hydroxylation sites is 1. The van der Waals surface area contributed by atoms with Gasteiger partial charge in [-0.2, -0.15) is 0 Å². The van der Waals surface area contributed by atoms with E-state index in [9.17, 15) is 27.2 Å². The molecule has 1 heterocycles. The summed E-state index contributed by atoms with van der Waals surface area (Å²) in [4.78, 5) is 29.2. The third-order valence-corrected chi connectivity index (χ3v) is 4.65. The van der Waals surface area contributed by atoms with E-state index < -0.39 is 40.8 Å². The maximum atomic E-state index is 14.1. The van der Waals surface area contributed by atoms with Gasteiger partial charge in [0.1, 0.15) is 5.82 Å². The first kappa shape index (κ1) is 21.2. The predicted octanol–water partition coefficient (Wildman–Crippen LogP) is 5.04. The molecule has 3 aromatic rings. The minimum absolute atomic E-state index is 0.0291. The molecule has 0 aliphatic rings. The van der Waals surface area contributed by atoms with Gasteiger partial charge in [0, 0.05) is 18.4 Å². The average molecular weight is 435 g/mol. The molecule has 1 aromatic heterocycles. The fourth-order valence-electron chi connectivity index (χ4n) is 2.45. The third-order valence-electron chi connectivity index (χ3n) is 3.81. The zero-order valence-electron chi connectivity index (χ0n) is 15.3. The van der Waals surface area contributed by atoms with Crippen LogP contribution in [0.3, 0.4) is 0 Å². The van der Waals surface area contributed by atoms with Gasteiger partial charge in [-0.25, -0.2) is 22.5 Å². The van der Waals surface area contributed by atoms with Crippen molar-refractivity contribution in [3.63, 3.8) is 0 Å². The van der Waals surface area contributed by atoms with Crippen LogP contribution in [0.25, 0.3) is 6.08 Å². The van der Waals surface area contributed by atoms with Crippen LogP contribution in [0.2, 0.25) is 0 Å². The lowest BCUT2D eigenvalue weighted by atomic mass is 10.2. The van der Waals surface area contributed by atoms with Crippen molar-refractivity contribution in [1.82, 2.24) is 4.98 Å². The molecule has 154 valence electrons. The number of anilines is 3. The van der Waals surface area contributed by atoms with Crippen LogP contribution in [-0.4, -0.2) is 16.8 Å². The van der Waals surface area contributed by atoms with Gasteiger partial charge in [0.2, 0.25) is 11.8 Å². The fourth-order valence-corrected chi connectivity index (χ4v) is 3.30. The molecule has 0 fully saturated rings. The van der Waals surface area contributed by atoms with Crippen molar-refractivity contribution in [3.05, 3.63) is 76.8 Å². The van der Waals surface area contributed by atoms with Crippen molar-refractivity contribution in [2.24, 2.45) is 0 Å². The summed E-state index contributed by atoms with van der Waals surface area (Å²) in [5.74, 6) is -6.47. The summed E-state index contributed by atoms with van der Waals surface area (Å²) in [5, 5.41) is 3.79. The van der Waals surface area contributed by atoms with E-state index >= 15 is 0 Å². The van der Waals surface area contributed by atoms with Crippen molar-refractivity contribution < 1.29 is 27.2 Å². The zero-order chi connectivity index (χ0) is 21.8. The molecule has 0 saturated heterocycles. The molecule has 0 aliphatic heterocycles. The quantitative estimate of drug-likeness (QED) is 0.347. The van der Waals surface area contributed by atoms with E-state index in [4.69, 9.17) is 0 Å². The average Bonchev–Trinajstić information content (AvgIpc) is 3.17. The molecule has 0 atom stereocenters. The molecular weight excluding hydrogens is 422 g/mol. The number of carbonyl (C=O) groups excluding carboxylic acids is 2. The molecule has 5 nitrogen and oxygen atoms in total. The first-order chi connectivity index (χ1) is 14.3. The summed E-state index contributed by atoms with van der Waals surface area (Å²) in [6.45, 7) is 1.26. The lowest BCUT2D eigenvalue weighted by Crippen LogP contribution is -2.23.